The van der Waals surface area contributed by atoms with E-state index >= 15 is 0 Å². The van der Waals surface area contributed by atoms with Gasteiger partial charge in [0.1, 0.15) is 5.52 Å². The van der Waals surface area contributed by atoms with Crippen molar-refractivity contribution in [3.63, 3.8) is 0 Å². The minimum absolute atomic E-state index is 0. The topological polar surface area (TPSA) is 73.6 Å². The van der Waals surface area contributed by atoms with Gasteiger partial charge in [0.25, 0.3) is 11.9 Å². The summed E-state index contributed by atoms with van der Waals surface area (Å²) in [4.78, 5) is 22.6. The van der Waals surface area contributed by atoms with Crippen molar-refractivity contribution >= 4 is 47.0 Å². The van der Waals surface area contributed by atoms with Gasteiger partial charge in [-0.3, -0.25) is 4.79 Å². The smallest absolute Gasteiger partial charge is 0.298 e. The van der Waals surface area contributed by atoms with Crippen molar-refractivity contribution < 1.29 is 9.21 Å². The van der Waals surface area contributed by atoms with Crippen LogP contribution in [0.2, 0.25) is 5.02 Å². The summed E-state index contributed by atoms with van der Waals surface area (Å²) in [5.41, 5.74) is 1.65. The molecule has 1 aromatic heterocycles. The number of piperidine rings is 2. The number of amides is 1. The Morgan fingerprint density at radius 2 is 2.03 bits per heavy atom. The highest BCUT2D eigenvalue weighted by molar-refractivity contribution is 6.32. The standard InChI is InChI=1S/C22H30ClN5O2.ClH/c1-13-12-24-6-7-28(13)22-26-20-18(8-14(23)9-19(20)30-22)21(29)25-15-10-16-4-3-5-17(11-15)27(16)2;/h8-9,13,15-17,24H,3-7,10-12H2,1-2H3,(H,25,29);1H/t13-,15?,16?,17?;/m0./s1. The highest BCUT2D eigenvalue weighted by atomic mass is 35.5. The SMILES string of the molecule is C[C@H]1CNCCN1c1nc2c(C(=O)NC3CC4CCCC(C3)N4C)cc(Cl)cc2o1.Cl. The van der Waals surface area contributed by atoms with Gasteiger partial charge in [0.15, 0.2) is 5.58 Å². The van der Waals surface area contributed by atoms with Crippen molar-refractivity contribution in [1.29, 1.82) is 0 Å². The van der Waals surface area contributed by atoms with E-state index in [1.807, 2.05) is 0 Å². The average Bonchev–Trinajstić information content (AvgIpc) is 3.12. The van der Waals surface area contributed by atoms with Gasteiger partial charge in [0.05, 0.1) is 5.56 Å². The van der Waals surface area contributed by atoms with Crippen LogP contribution in [-0.4, -0.2) is 66.6 Å². The quantitative estimate of drug-likeness (QED) is 0.719. The predicted molar refractivity (Wildman–Crippen MR) is 126 cm³/mol. The summed E-state index contributed by atoms with van der Waals surface area (Å²) in [5, 5.41) is 7.13. The van der Waals surface area contributed by atoms with Crippen LogP contribution in [0.15, 0.2) is 16.5 Å². The Balaban J connectivity index is 0.00000231. The molecule has 3 saturated heterocycles. The molecule has 170 valence electrons. The maximum absolute atomic E-state index is 13.2. The largest absolute Gasteiger partial charge is 0.423 e. The molecule has 2 unspecified atom stereocenters. The first-order chi connectivity index (χ1) is 14.5. The molecule has 3 atom stereocenters. The first kappa shape index (κ1) is 22.6. The molecular weight excluding hydrogens is 437 g/mol. The number of nitrogens with one attached hydrogen (secondary N) is 2. The zero-order valence-electron chi connectivity index (χ0n) is 18.1. The van der Waals surface area contributed by atoms with E-state index in [1.165, 1.54) is 19.3 Å². The third kappa shape index (κ3) is 4.38. The second kappa shape index (κ2) is 9.14. The number of rotatable bonds is 3. The lowest BCUT2D eigenvalue weighted by Crippen LogP contribution is -2.55. The summed E-state index contributed by atoms with van der Waals surface area (Å²) in [6, 6.07) is 5.62. The van der Waals surface area contributed by atoms with Gasteiger partial charge in [-0.15, -0.1) is 12.4 Å². The molecule has 31 heavy (non-hydrogen) atoms. The maximum atomic E-state index is 13.2. The van der Waals surface area contributed by atoms with Crippen molar-refractivity contribution in [2.45, 2.75) is 63.2 Å². The number of carbonyl (C=O) groups excluding carboxylic acids is 1. The molecule has 0 radical (unpaired) electrons. The Kier molecular flexibility index (Phi) is 6.68. The van der Waals surface area contributed by atoms with Crippen molar-refractivity contribution in [3.05, 3.63) is 22.7 Å². The molecule has 0 saturated carbocycles. The van der Waals surface area contributed by atoms with Gasteiger partial charge in [-0.1, -0.05) is 18.0 Å². The maximum Gasteiger partial charge on any atom is 0.298 e. The summed E-state index contributed by atoms with van der Waals surface area (Å²) in [6.45, 7) is 4.72. The molecule has 3 fully saturated rings. The van der Waals surface area contributed by atoms with E-state index in [9.17, 15) is 4.79 Å². The highest BCUT2D eigenvalue weighted by Crippen LogP contribution is 2.33. The Bertz CT molecular complexity index is 937. The van der Waals surface area contributed by atoms with Gasteiger partial charge in [0, 0.05) is 54.9 Å². The minimum Gasteiger partial charge on any atom is -0.423 e. The van der Waals surface area contributed by atoms with E-state index < -0.39 is 0 Å². The number of oxazole rings is 1. The van der Waals surface area contributed by atoms with E-state index in [2.05, 4.69) is 34.4 Å². The molecule has 2 aromatic rings. The van der Waals surface area contributed by atoms with Crippen LogP contribution in [0.1, 0.15) is 49.4 Å². The van der Waals surface area contributed by atoms with Crippen LogP contribution in [0, 0.1) is 0 Å². The lowest BCUT2D eigenvalue weighted by Gasteiger charge is -2.47. The number of aromatic nitrogens is 1. The van der Waals surface area contributed by atoms with Crippen molar-refractivity contribution in [1.82, 2.24) is 20.5 Å². The van der Waals surface area contributed by atoms with Crippen LogP contribution in [0.3, 0.4) is 0 Å². The van der Waals surface area contributed by atoms with Gasteiger partial charge < -0.3 is 24.9 Å². The van der Waals surface area contributed by atoms with Crippen LogP contribution < -0.4 is 15.5 Å². The highest BCUT2D eigenvalue weighted by Gasteiger charge is 2.36. The zero-order chi connectivity index (χ0) is 20.8. The fourth-order valence-electron chi connectivity index (χ4n) is 5.40. The van der Waals surface area contributed by atoms with E-state index in [0.717, 1.165) is 32.5 Å². The Hall–Kier alpha value is -1.54. The monoisotopic (exact) mass is 467 g/mol. The molecule has 2 N–H and O–H groups in total. The molecule has 4 heterocycles. The molecular formula is C22H31Cl2N5O2. The van der Waals surface area contributed by atoms with Crippen LogP contribution in [0.4, 0.5) is 6.01 Å². The van der Waals surface area contributed by atoms with E-state index in [-0.39, 0.29) is 30.4 Å². The number of nitrogens with zero attached hydrogens (tertiary/aromatic N) is 3. The molecule has 0 aliphatic carbocycles. The first-order valence-electron chi connectivity index (χ1n) is 11.1. The molecule has 3 aliphatic heterocycles. The van der Waals surface area contributed by atoms with Gasteiger partial charge in [-0.05, 0) is 45.7 Å². The fourth-order valence-corrected chi connectivity index (χ4v) is 5.61. The number of piperazine rings is 1. The number of benzene rings is 1. The Labute approximate surface area is 194 Å². The number of anilines is 1. The second-order valence-electron chi connectivity index (χ2n) is 9.09. The molecule has 1 aromatic carbocycles. The van der Waals surface area contributed by atoms with Crippen LogP contribution in [0.5, 0.6) is 0 Å². The van der Waals surface area contributed by atoms with Crippen molar-refractivity contribution in [2.75, 3.05) is 31.6 Å². The molecule has 3 aliphatic rings. The molecule has 7 nitrogen and oxygen atoms in total. The predicted octanol–water partition coefficient (Wildman–Crippen LogP) is 3.45. The molecule has 0 spiro atoms. The first-order valence-corrected chi connectivity index (χ1v) is 11.5. The van der Waals surface area contributed by atoms with E-state index in [4.69, 9.17) is 21.0 Å². The van der Waals surface area contributed by atoms with Crippen LogP contribution >= 0.6 is 24.0 Å². The number of fused-ring (bicyclic) bond motifs is 3. The summed E-state index contributed by atoms with van der Waals surface area (Å²) in [6.07, 6.45) is 5.74. The van der Waals surface area contributed by atoms with E-state index in [1.54, 1.807) is 12.1 Å². The van der Waals surface area contributed by atoms with E-state index in [0.29, 0.717) is 39.8 Å². The minimum atomic E-state index is -0.108. The van der Waals surface area contributed by atoms with Crippen molar-refractivity contribution in [3.8, 4) is 0 Å². The molecule has 1 amide bonds. The normalized spacial score (nSPS) is 28.9. The number of halogens is 2. The van der Waals surface area contributed by atoms with Gasteiger partial charge in [-0.25, -0.2) is 0 Å². The van der Waals surface area contributed by atoms with Crippen LogP contribution in [-0.2, 0) is 0 Å². The Morgan fingerprint density at radius 3 is 2.74 bits per heavy atom. The van der Waals surface area contributed by atoms with Crippen molar-refractivity contribution in [2.24, 2.45) is 0 Å². The third-order valence-electron chi connectivity index (χ3n) is 7.12. The molecule has 2 bridgehead atoms. The third-order valence-corrected chi connectivity index (χ3v) is 7.33. The van der Waals surface area contributed by atoms with Gasteiger partial charge in [-0.2, -0.15) is 4.98 Å². The lowest BCUT2D eigenvalue weighted by atomic mass is 9.82. The summed E-state index contributed by atoms with van der Waals surface area (Å²) in [5.74, 6) is -0.108. The number of carbonyl (C=O) groups is 1. The Morgan fingerprint density at radius 1 is 1.29 bits per heavy atom. The zero-order valence-corrected chi connectivity index (χ0v) is 19.6. The lowest BCUT2D eigenvalue weighted by molar-refractivity contribution is 0.0463. The molecule has 5 rings (SSSR count). The average molecular weight is 468 g/mol. The second-order valence-corrected chi connectivity index (χ2v) is 9.53. The summed E-state index contributed by atoms with van der Waals surface area (Å²) in [7, 11) is 2.22. The number of hydrogen-bond donors (Lipinski definition) is 2. The summed E-state index contributed by atoms with van der Waals surface area (Å²) < 4.78 is 6.03. The molecule has 9 heteroatoms. The van der Waals surface area contributed by atoms with Crippen LogP contribution in [0.25, 0.3) is 11.1 Å². The fraction of sp³-hybridized carbons (Fsp3) is 0.636. The van der Waals surface area contributed by atoms with Gasteiger partial charge in [0.2, 0.25) is 0 Å². The number of hydrogen-bond acceptors (Lipinski definition) is 6. The van der Waals surface area contributed by atoms with Gasteiger partial charge >= 0.3 is 0 Å². The summed E-state index contributed by atoms with van der Waals surface area (Å²) >= 11 is 6.33.